The topological polar surface area (TPSA) is 56.1 Å². The molecule has 4 nitrogen and oxygen atoms in total. The van der Waals surface area contributed by atoms with Gasteiger partial charge in [-0.3, -0.25) is 9.69 Å². The first-order valence-electron chi connectivity index (χ1n) is 9.18. The van der Waals surface area contributed by atoms with E-state index in [0.29, 0.717) is 23.7 Å². The molecule has 0 radical (unpaired) electrons. The molecule has 1 unspecified atom stereocenters. The van der Waals surface area contributed by atoms with E-state index in [1.165, 1.54) is 16.7 Å². The van der Waals surface area contributed by atoms with E-state index in [1.54, 1.807) is 18.2 Å². The van der Waals surface area contributed by atoms with E-state index in [2.05, 4.69) is 48.3 Å². The van der Waals surface area contributed by atoms with Crippen LogP contribution in [0.1, 0.15) is 47.6 Å². The molecule has 0 aliphatic carbocycles. The summed E-state index contributed by atoms with van der Waals surface area (Å²) in [5.74, 6) is -0.0428. The Balaban J connectivity index is 1.61. The molecule has 1 aliphatic rings. The van der Waals surface area contributed by atoms with Crippen LogP contribution in [0.4, 0.5) is 5.69 Å². The number of aryl methyl sites for hydroxylation is 2. The van der Waals surface area contributed by atoms with Crippen molar-refractivity contribution in [2.24, 2.45) is 0 Å². The minimum absolute atomic E-state index is 0.0428. The van der Waals surface area contributed by atoms with Gasteiger partial charge in [0.05, 0.1) is 11.3 Å². The van der Waals surface area contributed by atoms with Gasteiger partial charge in [0.1, 0.15) is 6.07 Å². The number of nitrogens with one attached hydrogen (secondary N) is 1. The molecular formula is C22H25N3O. The maximum Gasteiger partial charge on any atom is 0.225 e. The lowest BCUT2D eigenvalue weighted by Crippen LogP contribution is -2.28. The molecule has 1 amide bonds. The molecule has 0 saturated carbocycles. The van der Waals surface area contributed by atoms with E-state index in [1.807, 2.05) is 6.07 Å². The van der Waals surface area contributed by atoms with Crippen molar-refractivity contribution in [1.82, 2.24) is 4.90 Å². The summed E-state index contributed by atoms with van der Waals surface area (Å²) in [5.41, 5.74) is 5.02. The zero-order valence-electron chi connectivity index (χ0n) is 15.5. The molecule has 1 saturated heterocycles. The first kappa shape index (κ1) is 18.2. The molecule has 134 valence electrons. The number of hydrogen-bond donors (Lipinski definition) is 1. The Kier molecular flexibility index (Phi) is 5.70. The van der Waals surface area contributed by atoms with Gasteiger partial charge in [0.25, 0.3) is 0 Å². The number of benzene rings is 2. The molecule has 1 heterocycles. The van der Waals surface area contributed by atoms with Gasteiger partial charge in [-0.25, -0.2) is 0 Å². The average Bonchev–Trinajstić information content (AvgIpc) is 3.08. The average molecular weight is 347 g/mol. The zero-order chi connectivity index (χ0) is 18.5. The van der Waals surface area contributed by atoms with Crippen LogP contribution in [-0.4, -0.2) is 23.9 Å². The highest BCUT2D eigenvalue weighted by molar-refractivity contribution is 5.92. The molecule has 0 bridgehead atoms. The van der Waals surface area contributed by atoms with Gasteiger partial charge in [0, 0.05) is 19.0 Å². The Morgan fingerprint density at radius 2 is 1.96 bits per heavy atom. The standard InChI is InChI=1S/C22H25N3O/c1-16-12-17(2)14-19(13-16)21-8-5-10-25(21)11-9-22(26)24-20-7-4-3-6-18(20)15-23/h3-4,6-7,12-14,21H,5,8-11H2,1-2H3,(H,24,26). The molecule has 4 heteroatoms. The van der Waals surface area contributed by atoms with Gasteiger partial charge < -0.3 is 5.32 Å². The summed E-state index contributed by atoms with van der Waals surface area (Å²) in [6, 6.07) is 16.3. The summed E-state index contributed by atoms with van der Waals surface area (Å²) < 4.78 is 0. The van der Waals surface area contributed by atoms with Crippen LogP contribution in [0.15, 0.2) is 42.5 Å². The van der Waals surface area contributed by atoms with Crippen LogP contribution in [0.5, 0.6) is 0 Å². The van der Waals surface area contributed by atoms with Crippen molar-refractivity contribution < 1.29 is 4.79 Å². The number of amides is 1. The lowest BCUT2D eigenvalue weighted by Gasteiger charge is -2.25. The third-order valence-corrected chi connectivity index (χ3v) is 4.94. The van der Waals surface area contributed by atoms with E-state index < -0.39 is 0 Å². The lowest BCUT2D eigenvalue weighted by atomic mass is 9.99. The molecule has 1 N–H and O–H groups in total. The summed E-state index contributed by atoms with van der Waals surface area (Å²) in [4.78, 5) is 14.7. The zero-order valence-corrected chi connectivity index (χ0v) is 15.5. The fourth-order valence-corrected chi connectivity index (χ4v) is 3.82. The van der Waals surface area contributed by atoms with Gasteiger partial charge in [-0.05, 0) is 50.9 Å². The molecule has 1 atom stereocenters. The Bertz CT molecular complexity index is 817. The highest BCUT2D eigenvalue weighted by Gasteiger charge is 2.26. The molecule has 1 fully saturated rings. The number of carbonyl (C=O) groups excluding carboxylic acids is 1. The van der Waals surface area contributed by atoms with Crippen LogP contribution < -0.4 is 5.32 Å². The van der Waals surface area contributed by atoms with Gasteiger partial charge >= 0.3 is 0 Å². The second-order valence-corrected chi connectivity index (χ2v) is 7.07. The van der Waals surface area contributed by atoms with Gasteiger partial charge in [-0.1, -0.05) is 41.5 Å². The SMILES string of the molecule is Cc1cc(C)cc(C2CCCN2CCC(=O)Nc2ccccc2C#N)c1. The molecule has 3 rings (SSSR count). The first-order valence-corrected chi connectivity index (χ1v) is 9.18. The molecule has 0 aromatic heterocycles. The van der Waals surface area contributed by atoms with Gasteiger partial charge in [-0.15, -0.1) is 0 Å². The largest absolute Gasteiger partial charge is 0.325 e. The van der Waals surface area contributed by atoms with Crippen molar-refractivity contribution in [3.63, 3.8) is 0 Å². The third-order valence-electron chi connectivity index (χ3n) is 4.94. The fraction of sp³-hybridized carbons (Fsp3) is 0.364. The second kappa shape index (κ2) is 8.16. The highest BCUT2D eigenvalue weighted by Crippen LogP contribution is 2.32. The van der Waals surface area contributed by atoms with Crippen LogP contribution in [0, 0.1) is 25.2 Å². The second-order valence-electron chi connectivity index (χ2n) is 7.07. The summed E-state index contributed by atoms with van der Waals surface area (Å²) in [6.45, 7) is 6.03. The summed E-state index contributed by atoms with van der Waals surface area (Å²) >= 11 is 0. The molecule has 2 aromatic carbocycles. The third kappa shape index (κ3) is 4.30. The number of para-hydroxylation sites is 1. The normalized spacial score (nSPS) is 17.0. The van der Waals surface area contributed by atoms with Crippen molar-refractivity contribution in [1.29, 1.82) is 5.26 Å². The summed E-state index contributed by atoms with van der Waals surface area (Å²) in [6.07, 6.45) is 2.74. The van der Waals surface area contributed by atoms with Crippen LogP contribution in [0.25, 0.3) is 0 Å². The molecule has 26 heavy (non-hydrogen) atoms. The van der Waals surface area contributed by atoms with Crippen molar-refractivity contribution in [2.75, 3.05) is 18.4 Å². The Hall–Kier alpha value is -2.64. The minimum atomic E-state index is -0.0428. The summed E-state index contributed by atoms with van der Waals surface area (Å²) in [5, 5.41) is 12.0. The van der Waals surface area contributed by atoms with Crippen molar-refractivity contribution in [3.05, 3.63) is 64.7 Å². The predicted molar refractivity (Wildman–Crippen MR) is 104 cm³/mol. The van der Waals surface area contributed by atoms with Gasteiger partial charge in [0.15, 0.2) is 0 Å². The highest BCUT2D eigenvalue weighted by atomic mass is 16.1. The van der Waals surface area contributed by atoms with E-state index in [9.17, 15) is 4.79 Å². The monoisotopic (exact) mass is 347 g/mol. The van der Waals surface area contributed by atoms with E-state index in [0.717, 1.165) is 25.9 Å². The maximum absolute atomic E-state index is 12.3. The number of hydrogen-bond acceptors (Lipinski definition) is 3. The molecule has 0 spiro atoms. The van der Waals surface area contributed by atoms with E-state index in [4.69, 9.17) is 5.26 Å². The number of nitrogens with zero attached hydrogens (tertiary/aromatic N) is 2. The van der Waals surface area contributed by atoms with Crippen LogP contribution in [0.2, 0.25) is 0 Å². The van der Waals surface area contributed by atoms with E-state index in [-0.39, 0.29) is 5.91 Å². The van der Waals surface area contributed by atoms with Crippen molar-refractivity contribution >= 4 is 11.6 Å². The molecule has 2 aromatic rings. The van der Waals surface area contributed by atoms with Crippen LogP contribution >= 0.6 is 0 Å². The first-order chi connectivity index (χ1) is 12.6. The predicted octanol–water partition coefficient (Wildman–Crippen LogP) is 4.34. The smallest absolute Gasteiger partial charge is 0.225 e. The Morgan fingerprint density at radius 1 is 1.23 bits per heavy atom. The van der Waals surface area contributed by atoms with Crippen LogP contribution in [0.3, 0.4) is 0 Å². The minimum Gasteiger partial charge on any atom is -0.325 e. The maximum atomic E-state index is 12.3. The van der Waals surface area contributed by atoms with Gasteiger partial charge in [-0.2, -0.15) is 5.26 Å². The lowest BCUT2D eigenvalue weighted by molar-refractivity contribution is -0.116. The Morgan fingerprint density at radius 3 is 2.69 bits per heavy atom. The number of rotatable bonds is 5. The fourth-order valence-electron chi connectivity index (χ4n) is 3.82. The van der Waals surface area contributed by atoms with Crippen molar-refractivity contribution in [2.45, 2.75) is 39.2 Å². The Labute approximate surface area is 155 Å². The van der Waals surface area contributed by atoms with E-state index >= 15 is 0 Å². The number of carbonyl (C=O) groups is 1. The molecule has 1 aliphatic heterocycles. The number of nitriles is 1. The van der Waals surface area contributed by atoms with Gasteiger partial charge in [0.2, 0.25) is 5.91 Å². The number of likely N-dealkylation sites (tertiary alicyclic amines) is 1. The molecular weight excluding hydrogens is 322 g/mol. The quantitative estimate of drug-likeness (QED) is 0.875. The van der Waals surface area contributed by atoms with Crippen LogP contribution in [-0.2, 0) is 4.79 Å². The summed E-state index contributed by atoms with van der Waals surface area (Å²) in [7, 11) is 0. The number of anilines is 1. The van der Waals surface area contributed by atoms with Crippen molar-refractivity contribution in [3.8, 4) is 6.07 Å².